The molecule has 0 spiro atoms. The molecule has 0 aliphatic rings. The predicted molar refractivity (Wildman–Crippen MR) is 35.8 cm³/mol. The molecule has 0 bridgehead atoms. The van der Waals surface area contributed by atoms with E-state index in [1.165, 1.54) is 0 Å². The first kappa shape index (κ1) is 8.89. The Bertz CT molecular complexity index is 59.9. The molecular weight excluding hydrogens is 119 g/mol. The Kier molecular flexibility index (Phi) is 4.68. The van der Waals surface area contributed by atoms with Crippen LogP contribution < -0.4 is 0 Å². The molecule has 1 nitrogen and oxygen atoms in total. The molecule has 56 valence electrons. The van der Waals surface area contributed by atoms with Gasteiger partial charge < -0.3 is 5.11 Å². The molecule has 2 heteroatoms. The lowest BCUT2D eigenvalue weighted by Crippen LogP contribution is -2.06. The summed E-state index contributed by atoms with van der Waals surface area (Å²) in [5.74, 6) is 0.352. The van der Waals surface area contributed by atoms with E-state index in [-0.39, 0.29) is 0 Å². The fourth-order valence-electron chi connectivity index (χ4n) is 0.897. The second-order valence-corrected chi connectivity index (χ2v) is 2.35. The Morgan fingerprint density at radius 1 is 1.33 bits per heavy atom. The third kappa shape index (κ3) is 4.40. The monoisotopic (exact) mass is 134 g/mol. The SMILES string of the molecule is CCC(CC)CC(O)F. The van der Waals surface area contributed by atoms with Gasteiger partial charge in [0.1, 0.15) is 0 Å². The summed E-state index contributed by atoms with van der Waals surface area (Å²) in [6, 6.07) is 0. The van der Waals surface area contributed by atoms with E-state index in [0.717, 1.165) is 12.8 Å². The maximum absolute atomic E-state index is 11.9. The third-order valence-electron chi connectivity index (χ3n) is 1.68. The smallest absolute Gasteiger partial charge is 0.196 e. The molecular formula is C7H15FO. The fraction of sp³-hybridized carbons (Fsp3) is 1.00. The molecule has 1 N–H and O–H groups in total. The van der Waals surface area contributed by atoms with E-state index in [1.807, 2.05) is 13.8 Å². The second-order valence-electron chi connectivity index (χ2n) is 2.35. The molecule has 0 aromatic heterocycles. The molecule has 9 heavy (non-hydrogen) atoms. The number of rotatable bonds is 4. The molecule has 0 radical (unpaired) electrons. The summed E-state index contributed by atoms with van der Waals surface area (Å²) in [4.78, 5) is 0. The Morgan fingerprint density at radius 3 is 1.89 bits per heavy atom. The van der Waals surface area contributed by atoms with E-state index in [1.54, 1.807) is 0 Å². The van der Waals surface area contributed by atoms with Crippen LogP contribution in [0, 0.1) is 5.92 Å². The van der Waals surface area contributed by atoms with Gasteiger partial charge in [0.2, 0.25) is 0 Å². The van der Waals surface area contributed by atoms with Crippen LogP contribution in [0.3, 0.4) is 0 Å². The molecule has 0 aliphatic heterocycles. The normalized spacial score (nSPS) is 14.3. The van der Waals surface area contributed by atoms with Gasteiger partial charge in [0.15, 0.2) is 6.36 Å². The van der Waals surface area contributed by atoms with Crippen molar-refractivity contribution < 1.29 is 9.50 Å². The molecule has 0 saturated carbocycles. The lowest BCUT2D eigenvalue weighted by atomic mass is 10.00. The van der Waals surface area contributed by atoms with Crippen molar-refractivity contribution in [2.75, 3.05) is 0 Å². The van der Waals surface area contributed by atoms with Crippen LogP contribution in [-0.4, -0.2) is 11.5 Å². The number of hydrogen-bond donors (Lipinski definition) is 1. The molecule has 0 amide bonds. The predicted octanol–water partition coefficient (Wildman–Crippen LogP) is 2.10. The minimum atomic E-state index is -1.62. The van der Waals surface area contributed by atoms with Crippen LogP contribution in [0.4, 0.5) is 4.39 Å². The van der Waals surface area contributed by atoms with Crippen molar-refractivity contribution >= 4 is 0 Å². The van der Waals surface area contributed by atoms with Gasteiger partial charge >= 0.3 is 0 Å². The van der Waals surface area contributed by atoms with E-state index in [4.69, 9.17) is 5.11 Å². The number of alkyl halides is 1. The molecule has 1 unspecified atom stereocenters. The first-order valence-corrected chi connectivity index (χ1v) is 3.52. The number of hydrogen-bond acceptors (Lipinski definition) is 1. The molecule has 0 saturated heterocycles. The summed E-state index contributed by atoms with van der Waals surface area (Å²) in [6.07, 6.45) is 0.594. The first-order chi connectivity index (χ1) is 4.20. The van der Waals surface area contributed by atoms with Crippen molar-refractivity contribution in [1.82, 2.24) is 0 Å². The summed E-state index contributed by atoms with van der Waals surface area (Å²) >= 11 is 0. The summed E-state index contributed by atoms with van der Waals surface area (Å²) in [5, 5.41) is 8.32. The highest BCUT2D eigenvalue weighted by atomic mass is 19.1. The second kappa shape index (κ2) is 4.74. The summed E-state index contributed by atoms with van der Waals surface area (Å²) in [7, 11) is 0. The zero-order valence-electron chi connectivity index (χ0n) is 6.10. The minimum absolute atomic E-state index is 0.299. The fourth-order valence-corrected chi connectivity index (χ4v) is 0.897. The van der Waals surface area contributed by atoms with E-state index >= 15 is 0 Å². The van der Waals surface area contributed by atoms with Crippen molar-refractivity contribution in [3.05, 3.63) is 0 Å². The van der Waals surface area contributed by atoms with Crippen molar-refractivity contribution in [3.63, 3.8) is 0 Å². The van der Waals surface area contributed by atoms with Gasteiger partial charge in [-0.15, -0.1) is 0 Å². The quantitative estimate of drug-likeness (QED) is 0.624. The number of aliphatic hydroxyl groups excluding tert-OH is 1. The van der Waals surface area contributed by atoms with E-state index in [9.17, 15) is 4.39 Å². The standard InChI is InChI=1S/C7H15FO/c1-3-6(4-2)5-7(8)9/h6-7,9H,3-5H2,1-2H3. The molecule has 0 fully saturated rings. The average Bonchev–Trinajstić information content (AvgIpc) is 1.82. The number of aliphatic hydroxyl groups is 1. The number of halogens is 1. The van der Waals surface area contributed by atoms with Gasteiger partial charge in [-0.25, -0.2) is 4.39 Å². The highest BCUT2D eigenvalue weighted by Gasteiger charge is 2.08. The lowest BCUT2D eigenvalue weighted by molar-refractivity contribution is 0.0187. The van der Waals surface area contributed by atoms with Crippen molar-refractivity contribution in [2.24, 2.45) is 5.92 Å². The largest absolute Gasteiger partial charge is 0.364 e. The average molecular weight is 134 g/mol. The molecule has 0 aromatic rings. The Balaban J connectivity index is 3.31. The van der Waals surface area contributed by atoms with Crippen LogP contribution >= 0.6 is 0 Å². The Hall–Kier alpha value is -0.110. The van der Waals surface area contributed by atoms with Crippen LogP contribution in [0.1, 0.15) is 33.1 Å². The van der Waals surface area contributed by atoms with E-state index in [2.05, 4.69) is 0 Å². The minimum Gasteiger partial charge on any atom is -0.364 e. The van der Waals surface area contributed by atoms with Gasteiger partial charge in [-0.1, -0.05) is 26.7 Å². The van der Waals surface area contributed by atoms with Crippen LogP contribution in [0.2, 0.25) is 0 Å². The zero-order valence-corrected chi connectivity index (χ0v) is 6.10. The highest BCUT2D eigenvalue weighted by Crippen LogP contribution is 2.14. The van der Waals surface area contributed by atoms with Crippen molar-refractivity contribution in [1.29, 1.82) is 0 Å². The maximum atomic E-state index is 11.9. The lowest BCUT2D eigenvalue weighted by Gasteiger charge is -2.10. The molecule has 0 aromatic carbocycles. The van der Waals surface area contributed by atoms with Gasteiger partial charge in [0.25, 0.3) is 0 Å². The van der Waals surface area contributed by atoms with Gasteiger partial charge in [0, 0.05) is 6.42 Å². The Morgan fingerprint density at radius 2 is 1.78 bits per heavy atom. The topological polar surface area (TPSA) is 20.2 Å². The molecule has 0 heterocycles. The van der Waals surface area contributed by atoms with Crippen molar-refractivity contribution in [3.8, 4) is 0 Å². The summed E-state index contributed by atoms with van der Waals surface area (Å²) in [6.45, 7) is 4.02. The highest BCUT2D eigenvalue weighted by molar-refractivity contribution is 4.54. The molecule has 0 rings (SSSR count). The molecule has 1 atom stereocenters. The third-order valence-corrected chi connectivity index (χ3v) is 1.68. The van der Waals surface area contributed by atoms with Crippen LogP contribution in [0.5, 0.6) is 0 Å². The van der Waals surface area contributed by atoms with Gasteiger partial charge in [-0.2, -0.15) is 0 Å². The van der Waals surface area contributed by atoms with Crippen LogP contribution in [0.25, 0.3) is 0 Å². The van der Waals surface area contributed by atoms with Crippen molar-refractivity contribution in [2.45, 2.75) is 39.5 Å². The molecule has 0 aliphatic carbocycles. The maximum Gasteiger partial charge on any atom is 0.196 e. The zero-order chi connectivity index (χ0) is 7.28. The van der Waals surface area contributed by atoms with E-state index in [0.29, 0.717) is 12.3 Å². The summed E-state index contributed by atoms with van der Waals surface area (Å²) in [5.41, 5.74) is 0. The van der Waals surface area contributed by atoms with Gasteiger partial charge in [-0.05, 0) is 5.92 Å². The van der Waals surface area contributed by atoms with Crippen LogP contribution in [-0.2, 0) is 0 Å². The first-order valence-electron chi connectivity index (χ1n) is 3.52. The Labute approximate surface area is 55.9 Å². The van der Waals surface area contributed by atoms with E-state index < -0.39 is 6.36 Å². The summed E-state index contributed by atoms with van der Waals surface area (Å²) < 4.78 is 11.9. The van der Waals surface area contributed by atoms with Gasteiger partial charge in [-0.3, -0.25) is 0 Å². The van der Waals surface area contributed by atoms with Gasteiger partial charge in [0.05, 0.1) is 0 Å². The van der Waals surface area contributed by atoms with Crippen LogP contribution in [0.15, 0.2) is 0 Å².